The topological polar surface area (TPSA) is 107 Å². The average Bonchev–Trinajstić information content (AvgIpc) is 3.23. The molecule has 5 aliphatic carbocycles. The molecule has 36 heavy (non-hydrogen) atoms. The minimum atomic E-state index is -1.59. The highest BCUT2D eigenvalue weighted by Crippen LogP contribution is 2.80. The maximum atomic E-state index is 13.1. The molecule has 1 aliphatic heterocycles. The number of carbonyl (C=O) groups excluding carboxylic acids is 1. The molecule has 1 heterocycles. The number of piperidine rings is 1. The van der Waals surface area contributed by atoms with Crippen molar-refractivity contribution in [1.82, 2.24) is 4.90 Å². The molecular formula is C27H43NO8. The van der Waals surface area contributed by atoms with E-state index >= 15 is 0 Å². The molecule has 204 valence electrons. The molecule has 6 aliphatic rings. The fourth-order valence-electron chi connectivity index (χ4n) is 11.3. The summed E-state index contributed by atoms with van der Waals surface area (Å²) in [6, 6.07) is -0.348. The third-order valence-corrected chi connectivity index (χ3v) is 11.8. The highest BCUT2D eigenvalue weighted by atomic mass is 16.6. The molecule has 0 aromatic carbocycles. The van der Waals surface area contributed by atoms with Gasteiger partial charge in [-0.3, -0.25) is 9.69 Å². The van der Waals surface area contributed by atoms with Gasteiger partial charge in [-0.25, -0.2) is 0 Å². The van der Waals surface area contributed by atoms with Crippen LogP contribution in [0.25, 0.3) is 0 Å². The molecule has 0 aromatic rings. The lowest BCUT2D eigenvalue weighted by atomic mass is 9.42. The smallest absolute Gasteiger partial charge is 0.302 e. The van der Waals surface area contributed by atoms with E-state index in [0.29, 0.717) is 6.61 Å². The van der Waals surface area contributed by atoms with E-state index in [9.17, 15) is 15.0 Å². The summed E-state index contributed by atoms with van der Waals surface area (Å²) in [6.45, 7) is 5.62. The van der Waals surface area contributed by atoms with Crippen molar-refractivity contribution in [3.8, 4) is 0 Å². The first kappa shape index (κ1) is 25.5. The van der Waals surface area contributed by atoms with Gasteiger partial charge >= 0.3 is 5.97 Å². The zero-order chi connectivity index (χ0) is 25.8. The van der Waals surface area contributed by atoms with E-state index < -0.39 is 34.7 Å². The number of carbonyl (C=O) groups is 1. The van der Waals surface area contributed by atoms with Crippen LogP contribution in [0.5, 0.6) is 0 Å². The van der Waals surface area contributed by atoms with Gasteiger partial charge in [0.1, 0.15) is 17.3 Å². The fraction of sp³-hybridized carbons (Fsp3) is 0.963. The van der Waals surface area contributed by atoms with Crippen molar-refractivity contribution in [3.05, 3.63) is 0 Å². The molecule has 6 fully saturated rings. The highest BCUT2D eigenvalue weighted by Gasteiger charge is 2.91. The summed E-state index contributed by atoms with van der Waals surface area (Å²) in [7, 11) is 6.83. The van der Waals surface area contributed by atoms with E-state index in [4.69, 9.17) is 23.7 Å². The Balaban J connectivity index is 1.66. The van der Waals surface area contributed by atoms with Crippen LogP contribution in [0.3, 0.4) is 0 Å². The van der Waals surface area contributed by atoms with Crippen molar-refractivity contribution in [1.29, 1.82) is 0 Å². The molecule has 0 radical (unpaired) electrons. The maximum Gasteiger partial charge on any atom is 0.302 e. The van der Waals surface area contributed by atoms with Gasteiger partial charge in [-0.05, 0) is 31.7 Å². The Kier molecular flexibility index (Phi) is 5.73. The van der Waals surface area contributed by atoms with E-state index in [-0.39, 0.29) is 53.8 Å². The number of hydrogen-bond acceptors (Lipinski definition) is 9. The van der Waals surface area contributed by atoms with Crippen LogP contribution < -0.4 is 0 Å². The third kappa shape index (κ3) is 2.55. The van der Waals surface area contributed by atoms with Crippen LogP contribution >= 0.6 is 0 Å². The summed E-state index contributed by atoms with van der Waals surface area (Å²) in [5, 5.41) is 26.0. The zero-order valence-electron chi connectivity index (χ0n) is 22.4. The van der Waals surface area contributed by atoms with Gasteiger partial charge in [-0.2, -0.15) is 0 Å². The van der Waals surface area contributed by atoms with Gasteiger partial charge in [-0.15, -0.1) is 0 Å². The fourth-order valence-corrected chi connectivity index (χ4v) is 11.3. The molecule has 2 N–H and O–H groups in total. The minimum absolute atomic E-state index is 0.0248. The summed E-state index contributed by atoms with van der Waals surface area (Å²) >= 11 is 0. The number of ether oxygens (including phenoxy) is 5. The molecule has 1 saturated heterocycles. The van der Waals surface area contributed by atoms with Crippen LogP contribution in [0, 0.1) is 34.5 Å². The van der Waals surface area contributed by atoms with Crippen molar-refractivity contribution in [3.63, 3.8) is 0 Å². The van der Waals surface area contributed by atoms with Gasteiger partial charge < -0.3 is 33.9 Å². The number of esters is 1. The Bertz CT molecular complexity index is 918. The van der Waals surface area contributed by atoms with Gasteiger partial charge in [0.05, 0.1) is 31.0 Å². The van der Waals surface area contributed by atoms with Gasteiger partial charge in [0.2, 0.25) is 0 Å². The van der Waals surface area contributed by atoms with Crippen molar-refractivity contribution in [2.75, 3.05) is 48.1 Å². The first-order valence-electron chi connectivity index (χ1n) is 13.6. The summed E-state index contributed by atoms with van der Waals surface area (Å²) in [4.78, 5) is 14.7. The normalized spacial score (nSPS) is 56.6. The standard InChI is InChI=1S/C27H43NO8/c1-7-28-12-24(13-32-3)9-8-18(34-5)26-16-10-15-17(33-4)11-25(30,19(16)20(15)36-14(2)29)27(31,23(26)28)22(35-6)21(24)26/h15-23,30-31H,7-13H2,1-6H3/t15-,16-,17+,18?,19-,20+,21-,22?,23+,24+,25-,26+,27-/m1/s1. The Morgan fingerprint density at radius 1 is 1.11 bits per heavy atom. The van der Waals surface area contributed by atoms with Crippen LogP contribution in [0.15, 0.2) is 0 Å². The van der Waals surface area contributed by atoms with Crippen LogP contribution in [-0.2, 0) is 28.5 Å². The van der Waals surface area contributed by atoms with Crippen molar-refractivity contribution >= 4 is 5.97 Å². The van der Waals surface area contributed by atoms with E-state index in [2.05, 4.69) is 11.8 Å². The maximum absolute atomic E-state index is 13.1. The number of rotatable bonds is 7. The first-order valence-corrected chi connectivity index (χ1v) is 13.6. The Morgan fingerprint density at radius 2 is 1.86 bits per heavy atom. The van der Waals surface area contributed by atoms with Gasteiger partial charge in [0.25, 0.3) is 0 Å². The van der Waals surface area contributed by atoms with Gasteiger partial charge in [0.15, 0.2) is 0 Å². The van der Waals surface area contributed by atoms with Crippen molar-refractivity contribution < 1.29 is 38.7 Å². The Labute approximate surface area is 213 Å². The molecule has 9 nitrogen and oxygen atoms in total. The molecule has 0 amide bonds. The number of fused-ring (bicyclic) bond motifs is 2. The van der Waals surface area contributed by atoms with Crippen LogP contribution in [-0.4, -0.2) is 111 Å². The summed E-state index contributed by atoms with van der Waals surface area (Å²) in [5.74, 6) is -0.924. The second kappa shape index (κ2) is 8.10. The van der Waals surface area contributed by atoms with Gasteiger partial charge in [-0.1, -0.05) is 6.92 Å². The molecule has 7 bridgehead atoms. The van der Waals surface area contributed by atoms with Crippen LogP contribution in [0.1, 0.15) is 39.5 Å². The molecule has 0 aromatic heterocycles. The monoisotopic (exact) mass is 509 g/mol. The molecule has 1 spiro atoms. The molecular weight excluding hydrogens is 466 g/mol. The predicted molar refractivity (Wildman–Crippen MR) is 128 cm³/mol. The van der Waals surface area contributed by atoms with E-state index in [1.807, 2.05) is 0 Å². The lowest BCUT2D eigenvalue weighted by molar-refractivity contribution is -0.319. The highest BCUT2D eigenvalue weighted by molar-refractivity contribution is 5.66. The summed E-state index contributed by atoms with van der Waals surface area (Å²) < 4.78 is 30.5. The van der Waals surface area contributed by atoms with Crippen LogP contribution in [0.4, 0.5) is 0 Å². The minimum Gasteiger partial charge on any atom is -0.462 e. The van der Waals surface area contributed by atoms with Crippen molar-refractivity contribution in [2.24, 2.45) is 34.5 Å². The Hall–Kier alpha value is -0.810. The third-order valence-electron chi connectivity index (χ3n) is 11.8. The number of methoxy groups -OCH3 is 4. The second-order valence-electron chi connectivity index (χ2n) is 12.5. The summed E-state index contributed by atoms with van der Waals surface area (Å²) in [5.41, 5.74) is -3.87. The van der Waals surface area contributed by atoms with Gasteiger partial charge in [0, 0.05) is 76.9 Å². The van der Waals surface area contributed by atoms with E-state index in [1.54, 1.807) is 28.4 Å². The molecule has 2 unspecified atom stereocenters. The average molecular weight is 510 g/mol. The summed E-state index contributed by atoms with van der Waals surface area (Å²) in [6.07, 6.45) is 1.20. The Morgan fingerprint density at radius 3 is 2.44 bits per heavy atom. The van der Waals surface area contributed by atoms with E-state index in [0.717, 1.165) is 32.4 Å². The number of hydrogen-bond donors (Lipinski definition) is 2. The SMILES string of the molecule is CCN1C[C@]2(COC)CCC(OC)[C@@]34[C@@H]5C[C@H]6[C@H](OC(C)=O)[C@@H]5[C@](O)(C[C@@H]6OC)[C@@](O)(C(OC)[C@H]23)[C@@H]14. The molecule has 5 saturated carbocycles. The lowest BCUT2D eigenvalue weighted by Gasteiger charge is -2.70. The molecule has 13 atom stereocenters. The second-order valence-corrected chi connectivity index (χ2v) is 12.5. The zero-order valence-corrected chi connectivity index (χ0v) is 22.4. The van der Waals surface area contributed by atoms with Crippen LogP contribution in [0.2, 0.25) is 0 Å². The lowest BCUT2D eigenvalue weighted by Crippen LogP contribution is -2.82. The molecule has 9 heteroatoms. The number of nitrogens with zero attached hydrogens (tertiary/aromatic N) is 1. The number of aliphatic hydroxyl groups is 2. The number of likely N-dealkylation sites (tertiary alicyclic amines) is 1. The predicted octanol–water partition coefficient (Wildman–Crippen LogP) is 0.842. The van der Waals surface area contributed by atoms with E-state index in [1.165, 1.54) is 6.92 Å². The molecule has 6 rings (SSSR count). The number of likely N-dealkylation sites (N-methyl/N-ethyl adjacent to an activating group) is 1. The first-order chi connectivity index (χ1) is 17.2. The largest absolute Gasteiger partial charge is 0.462 e. The quantitative estimate of drug-likeness (QED) is 0.483. The van der Waals surface area contributed by atoms with Crippen molar-refractivity contribution in [2.45, 2.75) is 81.2 Å².